The van der Waals surface area contributed by atoms with Crippen molar-refractivity contribution in [3.05, 3.63) is 46.0 Å². The van der Waals surface area contributed by atoms with Gasteiger partial charge < -0.3 is 10.6 Å². The molecule has 5 heteroatoms. The highest BCUT2D eigenvalue weighted by Crippen LogP contribution is 2.22. The van der Waals surface area contributed by atoms with Gasteiger partial charge in [-0.15, -0.1) is 11.3 Å². The van der Waals surface area contributed by atoms with E-state index in [9.17, 15) is 4.79 Å². The fraction of sp³-hybridized carbons (Fsp3) is 0.375. The molecular formula is C16H21N3OS. The van der Waals surface area contributed by atoms with Crippen molar-refractivity contribution in [1.82, 2.24) is 10.3 Å². The lowest BCUT2D eigenvalue weighted by Gasteiger charge is -2.03. The van der Waals surface area contributed by atoms with Gasteiger partial charge in [-0.1, -0.05) is 18.2 Å². The second kappa shape index (κ2) is 7.33. The first-order chi connectivity index (χ1) is 10.1. The predicted octanol–water partition coefficient (Wildman–Crippen LogP) is 2.90. The molecule has 0 atom stereocenters. The van der Waals surface area contributed by atoms with Crippen LogP contribution >= 0.6 is 11.3 Å². The van der Waals surface area contributed by atoms with Gasteiger partial charge >= 0.3 is 0 Å². The molecule has 1 aromatic heterocycles. The van der Waals surface area contributed by atoms with Gasteiger partial charge in [-0.2, -0.15) is 0 Å². The molecule has 1 amide bonds. The van der Waals surface area contributed by atoms with Crippen LogP contribution in [0.4, 0.5) is 5.13 Å². The van der Waals surface area contributed by atoms with Gasteiger partial charge in [-0.05, 0) is 37.6 Å². The smallest absolute Gasteiger partial charge is 0.227 e. The predicted molar refractivity (Wildman–Crippen MR) is 88.0 cm³/mol. The van der Waals surface area contributed by atoms with Crippen molar-refractivity contribution in [1.29, 1.82) is 0 Å². The average molecular weight is 303 g/mol. The first kappa shape index (κ1) is 15.7. The summed E-state index contributed by atoms with van der Waals surface area (Å²) in [6.45, 7) is 4.91. The number of aromatic nitrogens is 1. The van der Waals surface area contributed by atoms with Gasteiger partial charge in [0.25, 0.3) is 0 Å². The van der Waals surface area contributed by atoms with Gasteiger partial charge in [0.1, 0.15) is 0 Å². The highest BCUT2D eigenvalue weighted by Gasteiger charge is 2.07. The van der Waals surface area contributed by atoms with E-state index in [0.29, 0.717) is 18.1 Å². The third-order valence-electron chi connectivity index (χ3n) is 3.35. The van der Waals surface area contributed by atoms with Crippen molar-refractivity contribution in [2.45, 2.75) is 26.7 Å². The minimum absolute atomic E-state index is 0.00331. The third kappa shape index (κ3) is 4.65. The molecular weight excluding hydrogens is 282 g/mol. The normalized spacial score (nSPS) is 10.6. The number of hydrogen-bond donors (Lipinski definition) is 2. The van der Waals surface area contributed by atoms with Gasteiger partial charge in [0.2, 0.25) is 5.91 Å². The van der Waals surface area contributed by atoms with Gasteiger partial charge in [0.05, 0.1) is 0 Å². The van der Waals surface area contributed by atoms with E-state index >= 15 is 0 Å². The number of carbonyl (C=O) groups excluding carboxylic acids is 1. The minimum atomic E-state index is -0.00331. The molecule has 0 aliphatic rings. The Morgan fingerprint density at radius 2 is 2.10 bits per heavy atom. The molecule has 0 fully saturated rings. The Morgan fingerprint density at radius 1 is 1.29 bits per heavy atom. The summed E-state index contributed by atoms with van der Waals surface area (Å²) in [7, 11) is 1.83. The van der Waals surface area contributed by atoms with Crippen molar-refractivity contribution in [2.75, 3.05) is 18.9 Å². The van der Waals surface area contributed by atoms with Crippen LogP contribution in [0.25, 0.3) is 0 Å². The molecule has 1 aromatic carbocycles. The quantitative estimate of drug-likeness (QED) is 0.863. The van der Waals surface area contributed by atoms with E-state index in [1.807, 2.05) is 13.2 Å². The van der Waals surface area contributed by atoms with Crippen molar-refractivity contribution in [3.63, 3.8) is 0 Å². The summed E-state index contributed by atoms with van der Waals surface area (Å²) < 4.78 is 0. The maximum absolute atomic E-state index is 11.6. The van der Waals surface area contributed by atoms with Gasteiger partial charge in [-0.25, -0.2) is 4.98 Å². The number of rotatable bonds is 6. The lowest BCUT2D eigenvalue weighted by molar-refractivity contribution is -0.116. The van der Waals surface area contributed by atoms with Crippen LogP contribution in [0, 0.1) is 13.8 Å². The Balaban J connectivity index is 1.96. The lowest BCUT2D eigenvalue weighted by Crippen LogP contribution is -2.18. The molecule has 2 N–H and O–H groups in total. The third-order valence-corrected chi connectivity index (χ3v) is 4.26. The molecule has 2 rings (SSSR count). The molecule has 0 aliphatic heterocycles. The zero-order valence-corrected chi connectivity index (χ0v) is 13.5. The van der Waals surface area contributed by atoms with Crippen molar-refractivity contribution in [2.24, 2.45) is 0 Å². The highest BCUT2D eigenvalue weighted by molar-refractivity contribution is 7.15. The van der Waals surface area contributed by atoms with Crippen molar-refractivity contribution < 1.29 is 4.79 Å². The Labute approximate surface area is 129 Å². The van der Waals surface area contributed by atoms with Crippen LogP contribution in [0.5, 0.6) is 0 Å². The molecule has 112 valence electrons. The standard InChI is InChI=1S/C16H21N3OS/c1-11-4-5-13(8-12(11)2)9-14-10-18-16(21-14)19-15(20)6-7-17-3/h4-5,8,10,17H,6-7,9H2,1-3H3,(H,18,19,20). The number of aryl methyl sites for hydroxylation is 2. The molecule has 0 unspecified atom stereocenters. The zero-order valence-electron chi connectivity index (χ0n) is 12.7. The molecule has 21 heavy (non-hydrogen) atoms. The minimum Gasteiger partial charge on any atom is -0.319 e. The van der Waals surface area contributed by atoms with Gasteiger partial charge in [-0.3, -0.25) is 4.79 Å². The molecule has 0 saturated heterocycles. The number of benzene rings is 1. The monoisotopic (exact) mass is 303 g/mol. The van der Waals surface area contributed by atoms with Crippen LogP contribution in [-0.4, -0.2) is 24.5 Å². The van der Waals surface area contributed by atoms with Crippen LogP contribution < -0.4 is 10.6 Å². The summed E-state index contributed by atoms with van der Waals surface area (Å²) in [5.74, 6) is -0.00331. The van der Waals surface area contributed by atoms with Crippen LogP contribution in [0.15, 0.2) is 24.4 Å². The van der Waals surface area contributed by atoms with E-state index in [1.165, 1.54) is 28.0 Å². The van der Waals surface area contributed by atoms with E-state index in [-0.39, 0.29) is 5.91 Å². The van der Waals surface area contributed by atoms with E-state index in [1.54, 1.807) is 0 Å². The largest absolute Gasteiger partial charge is 0.319 e. The topological polar surface area (TPSA) is 54.0 Å². The molecule has 0 bridgehead atoms. The van der Waals surface area contributed by atoms with Crippen LogP contribution in [0.3, 0.4) is 0 Å². The summed E-state index contributed by atoms with van der Waals surface area (Å²) in [6, 6.07) is 6.50. The maximum atomic E-state index is 11.6. The molecule has 1 heterocycles. The van der Waals surface area contributed by atoms with Crippen molar-refractivity contribution >= 4 is 22.4 Å². The molecule has 0 saturated carbocycles. The van der Waals surface area contributed by atoms with Gasteiger partial charge in [0, 0.05) is 30.5 Å². The SMILES string of the molecule is CNCCC(=O)Nc1ncc(Cc2ccc(C)c(C)c2)s1. The first-order valence-corrected chi connectivity index (χ1v) is 7.85. The highest BCUT2D eigenvalue weighted by atomic mass is 32.1. The van der Waals surface area contributed by atoms with Crippen LogP contribution in [-0.2, 0) is 11.2 Å². The van der Waals surface area contributed by atoms with Crippen molar-refractivity contribution in [3.8, 4) is 0 Å². The number of anilines is 1. The molecule has 0 aliphatic carbocycles. The summed E-state index contributed by atoms with van der Waals surface area (Å²) in [5.41, 5.74) is 3.88. The Bertz CT molecular complexity index is 622. The fourth-order valence-electron chi connectivity index (χ4n) is 1.98. The number of nitrogens with one attached hydrogen (secondary N) is 2. The van der Waals surface area contributed by atoms with Crippen LogP contribution in [0.2, 0.25) is 0 Å². The van der Waals surface area contributed by atoms with E-state index in [2.05, 4.69) is 47.7 Å². The number of carbonyl (C=O) groups is 1. The summed E-state index contributed by atoms with van der Waals surface area (Å²) in [5, 5.41) is 6.46. The molecule has 4 nitrogen and oxygen atoms in total. The second-order valence-electron chi connectivity index (χ2n) is 5.13. The first-order valence-electron chi connectivity index (χ1n) is 7.04. The van der Waals surface area contributed by atoms with E-state index < -0.39 is 0 Å². The summed E-state index contributed by atoms with van der Waals surface area (Å²) in [6.07, 6.45) is 3.15. The number of amides is 1. The van der Waals surface area contributed by atoms with Gasteiger partial charge in [0.15, 0.2) is 5.13 Å². The summed E-state index contributed by atoms with van der Waals surface area (Å²) >= 11 is 1.54. The number of nitrogens with zero attached hydrogens (tertiary/aromatic N) is 1. The molecule has 0 spiro atoms. The number of thiazole rings is 1. The van der Waals surface area contributed by atoms with E-state index in [0.717, 1.165) is 11.3 Å². The van der Waals surface area contributed by atoms with E-state index in [4.69, 9.17) is 0 Å². The van der Waals surface area contributed by atoms with Crippen LogP contribution in [0.1, 0.15) is 28.0 Å². The zero-order chi connectivity index (χ0) is 15.2. The molecule has 2 aromatic rings. The lowest BCUT2D eigenvalue weighted by atomic mass is 10.0. The maximum Gasteiger partial charge on any atom is 0.227 e. The second-order valence-corrected chi connectivity index (χ2v) is 6.24. The Kier molecular flexibility index (Phi) is 5.47. The molecule has 0 radical (unpaired) electrons. The fourth-order valence-corrected chi connectivity index (χ4v) is 2.84. The number of hydrogen-bond acceptors (Lipinski definition) is 4. The Hall–Kier alpha value is -1.72. The Morgan fingerprint density at radius 3 is 2.81 bits per heavy atom. The summed E-state index contributed by atoms with van der Waals surface area (Å²) in [4.78, 5) is 17.1. The average Bonchev–Trinajstić information content (AvgIpc) is 2.88.